The molecule has 0 aromatic rings. The molecule has 0 aromatic heterocycles. The minimum atomic E-state index is -0.776. The number of carbonyl (C=O) groups excluding carboxylic acids is 3. The molecule has 380 valence electrons. The first kappa shape index (κ1) is 62.6. The molecule has 0 fully saturated rings. The first-order chi connectivity index (χ1) is 32.0. The molecule has 0 amide bonds. The highest BCUT2D eigenvalue weighted by atomic mass is 16.6. The topological polar surface area (TPSA) is 78.9 Å². The third-order valence-corrected chi connectivity index (χ3v) is 12.7. The van der Waals surface area contributed by atoms with Crippen molar-refractivity contribution in [3.63, 3.8) is 0 Å². The molecule has 0 saturated carbocycles. The third kappa shape index (κ3) is 52.5. The molecule has 0 aliphatic carbocycles. The first-order valence-corrected chi connectivity index (χ1v) is 28.5. The van der Waals surface area contributed by atoms with Crippen LogP contribution in [0.2, 0.25) is 0 Å². The Kier molecular flexibility index (Phi) is 52.3. The molecule has 0 N–H and O–H groups in total. The van der Waals surface area contributed by atoms with Gasteiger partial charge in [0, 0.05) is 19.3 Å². The predicted molar refractivity (Wildman–Crippen MR) is 279 cm³/mol. The molecule has 0 aliphatic heterocycles. The van der Waals surface area contributed by atoms with Gasteiger partial charge in [-0.3, -0.25) is 14.4 Å². The smallest absolute Gasteiger partial charge is 0.306 e. The number of ether oxygens (including phenoxy) is 3. The molecule has 6 nitrogen and oxygen atoms in total. The Morgan fingerprint density at radius 1 is 0.323 bits per heavy atom. The van der Waals surface area contributed by atoms with Crippen LogP contribution in [0.15, 0.2) is 36.5 Å². The maximum absolute atomic E-state index is 12.8. The van der Waals surface area contributed by atoms with Crippen LogP contribution in [-0.4, -0.2) is 37.2 Å². The second-order valence-electron chi connectivity index (χ2n) is 19.2. The van der Waals surface area contributed by atoms with Crippen LogP contribution in [0.4, 0.5) is 0 Å². The molecule has 0 unspecified atom stereocenters. The lowest BCUT2D eigenvalue weighted by atomic mass is 10.0. The van der Waals surface area contributed by atoms with E-state index in [0.717, 1.165) is 96.3 Å². The highest BCUT2D eigenvalue weighted by Gasteiger charge is 2.19. The second kappa shape index (κ2) is 54.2. The Morgan fingerprint density at radius 3 is 0.938 bits per heavy atom. The molecule has 0 saturated heterocycles. The van der Waals surface area contributed by atoms with Crippen molar-refractivity contribution in [3.05, 3.63) is 36.5 Å². The van der Waals surface area contributed by atoms with Crippen LogP contribution in [0, 0.1) is 0 Å². The number of allylic oxidation sites excluding steroid dienone is 6. The highest BCUT2D eigenvalue weighted by Crippen LogP contribution is 2.17. The van der Waals surface area contributed by atoms with Gasteiger partial charge in [0.2, 0.25) is 0 Å². The van der Waals surface area contributed by atoms with Crippen molar-refractivity contribution in [2.75, 3.05) is 13.2 Å². The van der Waals surface area contributed by atoms with E-state index in [1.165, 1.54) is 167 Å². The monoisotopic (exact) mass is 913 g/mol. The van der Waals surface area contributed by atoms with Crippen molar-refractivity contribution in [2.45, 2.75) is 309 Å². The van der Waals surface area contributed by atoms with Gasteiger partial charge in [-0.2, -0.15) is 0 Å². The van der Waals surface area contributed by atoms with E-state index in [9.17, 15) is 14.4 Å². The number of hydrogen-bond donors (Lipinski definition) is 0. The number of esters is 3. The van der Waals surface area contributed by atoms with Gasteiger partial charge in [0.15, 0.2) is 6.10 Å². The SMILES string of the molecule is CC/C=C/C/C=C/C/C=C/CCCCCCCC(=O)O[C@H](COC(=O)CCCCCCCCCCCCCCCC)COC(=O)CCCCCCCCCCCCCCCCCCCC. The fourth-order valence-corrected chi connectivity index (χ4v) is 8.40. The summed E-state index contributed by atoms with van der Waals surface area (Å²) in [6.45, 7) is 6.56. The Hall–Kier alpha value is -2.37. The average molecular weight is 914 g/mol. The van der Waals surface area contributed by atoms with Crippen molar-refractivity contribution < 1.29 is 28.6 Å². The summed E-state index contributed by atoms with van der Waals surface area (Å²) in [7, 11) is 0. The summed E-state index contributed by atoms with van der Waals surface area (Å²) in [5.74, 6) is -0.873. The van der Waals surface area contributed by atoms with Crippen LogP contribution in [0.1, 0.15) is 303 Å². The standard InChI is InChI=1S/C59H108O6/c1-4-7-10-13-16-19-22-25-28-29-30-32-34-37-40-43-46-49-52-58(61)64-55-56(54-63-57(60)51-48-45-42-39-36-33-27-24-21-18-15-12-9-6-3)65-59(62)53-50-47-44-41-38-35-31-26-23-20-17-14-11-8-5-2/h8,11,17,20,26,31,56H,4-7,9-10,12-16,18-19,21-25,27-30,32-55H2,1-3H3/b11-8+,20-17+,31-26+/t56-/m1/s1. The van der Waals surface area contributed by atoms with E-state index >= 15 is 0 Å². The molecule has 1 atom stereocenters. The van der Waals surface area contributed by atoms with Gasteiger partial charge in [0.1, 0.15) is 13.2 Å². The Balaban J connectivity index is 4.34. The van der Waals surface area contributed by atoms with Crippen molar-refractivity contribution in [3.8, 4) is 0 Å². The quantitative estimate of drug-likeness (QED) is 0.0262. The molecular weight excluding hydrogens is 805 g/mol. The van der Waals surface area contributed by atoms with E-state index in [2.05, 4.69) is 57.2 Å². The Labute approximate surface area is 404 Å². The normalized spacial score (nSPS) is 12.2. The van der Waals surface area contributed by atoms with Crippen LogP contribution in [0.25, 0.3) is 0 Å². The number of rotatable bonds is 52. The van der Waals surface area contributed by atoms with Crippen molar-refractivity contribution in [1.82, 2.24) is 0 Å². The lowest BCUT2D eigenvalue weighted by Gasteiger charge is -2.18. The van der Waals surface area contributed by atoms with E-state index in [-0.39, 0.29) is 31.1 Å². The third-order valence-electron chi connectivity index (χ3n) is 12.7. The summed E-state index contributed by atoms with van der Waals surface area (Å²) in [4.78, 5) is 38.1. The van der Waals surface area contributed by atoms with Crippen molar-refractivity contribution >= 4 is 17.9 Å². The zero-order chi connectivity index (χ0) is 47.2. The second-order valence-corrected chi connectivity index (χ2v) is 19.2. The summed E-state index contributed by atoms with van der Waals surface area (Å²) in [5.41, 5.74) is 0. The summed E-state index contributed by atoms with van der Waals surface area (Å²) in [5, 5.41) is 0. The van der Waals surface area contributed by atoms with E-state index in [0.29, 0.717) is 19.3 Å². The fourth-order valence-electron chi connectivity index (χ4n) is 8.40. The lowest BCUT2D eigenvalue weighted by molar-refractivity contribution is -0.167. The summed E-state index contributed by atoms with van der Waals surface area (Å²) in [6, 6.07) is 0. The van der Waals surface area contributed by atoms with Crippen LogP contribution >= 0.6 is 0 Å². The molecule has 0 spiro atoms. The molecule has 0 bridgehead atoms. The van der Waals surface area contributed by atoms with Gasteiger partial charge in [0.25, 0.3) is 0 Å². The van der Waals surface area contributed by atoms with Gasteiger partial charge in [-0.05, 0) is 51.4 Å². The maximum atomic E-state index is 12.8. The van der Waals surface area contributed by atoms with E-state index in [1.807, 2.05) is 0 Å². The van der Waals surface area contributed by atoms with Crippen LogP contribution in [-0.2, 0) is 28.6 Å². The van der Waals surface area contributed by atoms with Gasteiger partial charge in [0.05, 0.1) is 0 Å². The zero-order valence-corrected chi connectivity index (χ0v) is 43.5. The Morgan fingerprint density at radius 2 is 0.600 bits per heavy atom. The molecule has 0 heterocycles. The van der Waals surface area contributed by atoms with E-state index < -0.39 is 6.10 Å². The van der Waals surface area contributed by atoms with Crippen LogP contribution < -0.4 is 0 Å². The highest BCUT2D eigenvalue weighted by molar-refractivity contribution is 5.71. The molecule has 0 aromatic carbocycles. The van der Waals surface area contributed by atoms with Crippen LogP contribution in [0.3, 0.4) is 0 Å². The minimum Gasteiger partial charge on any atom is -0.462 e. The largest absolute Gasteiger partial charge is 0.462 e. The maximum Gasteiger partial charge on any atom is 0.306 e. The van der Waals surface area contributed by atoms with Gasteiger partial charge in [-0.15, -0.1) is 0 Å². The minimum absolute atomic E-state index is 0.0744. The molecule has 6 heteroatoms. The van der Waals surface area contributed by atoms with E-state index in [4.69, 9.17) is 14.2 Å². The first-order valence-electron chi connectivity index (χ1n) is 28.5. The molecule has 0 rings (SSSR count). The predicted octanol–water partition coefficient (Wildman–Crippen LogP) is 18.9. The number of carbonyl (C=O) groups is 3. The number of hydrogen-bond acceptors (Lipinski definition) is 6. The molecular formula is C59H108O6. The molecule has 0 radical (unpaired) electrons. The molecule has 65 heavy (non-hydrogen) atoms. The van der Waals surface area contributed by atoms with Gasteiger partial charge in [-0.1, -0.05) is 269 Å². The average Bonchev–Trinajstić information content (AvgIpc) is 3.30. The zero-order valence-electron chi connectivity index (χ0n) is 43.5. The van der Waals surface area contributed by atoms with E-state index in [1.54, 1.807) is 0 Å². The fraction of sp³-hybridized carbons (Fsp3) is 0.847. The van der Waals surface area contributed by atoms with Gasteiger partial charge >= 0.3 is 17.9 Å². The van der Waals surface area contributed by atoms with Gasteiger partial charge < -0.3 is 14.2 Å². The lowest BCUT2D eigenvalue weighted by Crippen LogP contribution is -2.30. The van der Waals surface area contributed by atoms with Gasteiger partial charge in [-0.25, -0.2) is 0 Å². The van der Waals surface area contributed by atoms with Crippen LogP contribution in [0.5, 0.6) is 0 Å². The summed E-state index contributed by atoms with van der Waals surface area (Å²) < 4.78 is 16.9. The molecule has 0 aliphatic rings. The van der Waals surface area contributed by atoms with Crippen molar-refractivity contribution in [2.24, 2.45) is 0 Å². The number of unbranched alkanes of at least 4 members (excludes halogenated alkanes) is 35. The summed E-state index contributed by atoms with van der Waals surface area (Å²) >= 11 is 0. The Bertz CT molecular complexity index is 1090. The summed E-state index contributed by atoms with van der Waals surface area (Å²) in [6.07, 6.45) is 64.2. The van der Waals surface area contributed by atoms with Crippen molar-refractivity contribution in [1.29, 1.82) is 0 Å².